The topological polar surface area (TPSA) is 12.5 Å². The van der Waals surface area contributed by atoms with E-state index in [-0.39, 0.29) is 0 Å². The molecule has 5 aliphatic rings. The molecule has 1 nitrogen and oxygen atoms in total. The van der Waals surface area contributed by atoms with Crippen molar-refractivity contribution in [2.75, 3.05) is 0 Å². The van der Waals surface area contributed by atoms with Crippen LogP contribution < -0.4 is 0 Å². The van der Waals surface area contributed by atoms with Gasteiger partial charge in [0.25, 0.3) is 0 Å². The molecule has 1 saturated heterocycles. The molecule has 4 saturated carbocycles. The maximum Gasteiger partial charge on any atom is 0.0875 e. The minimum absolute atomic E-state index is 0.701. The van der Waals surface area contributed by atoms with Crippen molar-refractivity contribution in [3.8, 4) is 0 Å². The van der Waals surface area contributed by atoms with Crippen molar-refractivity contribution in [1.29, 1.82) is 0 Å². The SMILES string of the molecule is SC1CCC2C(C1)C1CC2C2C1CC1OC12. The van der Waals surface area contributed by atoms with E-state index in [0.29, 0.717) is 11.4 Å². The minimum atomic E-state index is 0.701. The molecule has 0 aromatic carbocycles. The van der Waals surface area contributed by atoms with Crippen LogP contribution in [0, 0.1) is 35.5 Å². The predicted octanol–water partition coefficient (Wildman–Crippen LogP) is 2.75. The number of fused-ring (bicyclic) bond motifs is 10. The van der Waals surface area contributed by atoms with Gasteiger partial charge >= 0.3 is 0 Å². The molecule has 1 aliphatic heterocycles. The summed E-state index contributed by atoms with van der Waals surface area (Å²) in [7, 11) is 0. The summed E-state index contributed by atoms with van der Waals surface area (Å²) in [5.74, 6) is 6.31. The van der Waals surface area contributed by atoms with Gasteiger partial charge in [-0.15, -0.1) is 0 Å². The van der Waals surface area contributed by atoms with Gasteiger partial charge in [0.1, 0.15) is 0 Å². The van der Waals surface area contributed by atoms with Crippen LogP contribution in [-0.4, -0.2) is 17.5 Å². The number of hydrogen-bond acceptors (Lipinski definition) is 2. The molecule has 9 atom stereocenters. The fourth-order valence-corrected chi connectivity index (χ4v) is 6.60. The van der Waals surface area contributed by atoms with E-state index in [0.717, 1.165) is 41.6 Å². The summed E-state index contributed by atoms with van der Waals surface area (Å²) < 4.78 is 5.81. The fraction of sp³-hybridized carbons (Fsp3) is 1.00. The van der Waals surface area contributed by atoms with Crippen molar-refractivity contribution in [3.63, 3.8) is 0 Å². The summed E-state index contributed by atoms with van der Waals surface area (Å²) in [5, 5.41) is 0.714. The molecule has 0 radical (unpaired) electrons. The summed E-state index contributed by atoms with van der Waals surface area (Å²) in [4.78, 5) is 0. The molecular weight excluding hydrogens is 216 g/mol. The largest absolute Gasteiger partial charge is 0.369 e. The highest BCUT2D eigenvalue weighted by Crippen LogP contribution is 2.69. The molecule has 2 bridgehead atoms. The third-order valence-electron chi connectivity index (χ3n) is 6.62. The van der Waals surface area contributed by atoms with E-state index in [9.17, 15) is 0 Å². The van der Waals surface area contributed by atoms with Gasteiger partial charge < -0.3 is 4.74 Å². The normalized spacial score (nSPS) is 69.9. The van der Waals surface area contributed by atoms with Crippen LogP contribution in [0.1, 0.15) is 32.1 Å². The van der Waals surface area contributed by atoms with E-state index in [2.05, 4.69) is 0 Å². The Morgan fingerprint density at radius 2 is 1.62 bits per heavy atom. The molecule has 0 N–H and O–H groups in total. The van der Waals surface area contributed by atoms with Gasteiger partial charge in [0.15, 0.2) is 0 Å². The van der Waals surface area contributed by atoms with Crippen molar-refractivity contribution in [2.45, 2.75) is 49.6 Å². The van der Waals surface area contributed by atoms with Gasteiger partial charge in [-0.1, -0.05) is 0 Å². The van der Waals surface area contributed by atoms with E-state index in [4.69, 9.17) is 17.4 Å². The smallest absolute Gasteiger partial charge is 0.0875 e. The summed E-state index contributed by atoms with van der Waals surface area (Å²) in [5.41, 5.74) is 0. The van der Waals surface area contributed by atoms with Crippen molar-refractivity contribution in [2.24, 2.45) is 35.5 Å². The zero-order chi connectivity index (χ0) is 10.4. The summed E-state index contributed by atoms with van der Waals surface area (Å²) in [6.07, 6.45) is 8.66. The fourth-order valence-electron chi connectivity index (χ4n) is 6.20. The van der Waals surface area contributed by atoms with E-state index in [1.807, 2.05) is 0 Å². The molecule has 4 aliphatic carbocycles. The molecule has 16 heavy (non-hydrogen) atoms. The minimum Gasteiger partial charge on any atom is -0.369 e. The third-order valence-corrected chi connectivity index (χ3v) is 7.08. The Morgan fingerprint density at radius 1 is 0.812 bits per heavy atom. The van der Waals surface area contributed by atoms with Crippen molar-refractivity contribution in [3.05, 3.63) is 0 Å². The van der Waals surface area contributed by atoms with Gasteiger partial charge in [-0.25, -0.2) is 0 Å². The van der Waals surface area contributed by atoms with Gasteiger partial charge in [-0.3, -0.25) is 0 Å². The van der Waals surface area contributed by atoms with Crippen LogP contribution in [0.5, 0.6) is 0 Å². The lowest BCUT2D eigenvalue weighted by molar-refractivity contribution is 0.0447. The Kier molecular flexibility index (Phi) is 1.64. The van der Waals surface area contributed by atoms with Crippen molar-refractivity contribution < 1.29 is 4.74 Å². The van der Waals surface area contributed by atoms with Gasteiger partial charge in [0.2, 0.25) is 0 Å². The first-order valence-electron chi connectivity index (χ1n) is 7.16. The molecule has 88 valence electrons. The number of rotatable bonds is 0. The second kappa shape index (κ2) is 2.83. The van der Waals surface area contributed by atoms with Crippen LogP contribution in [0.15, 0.2) is 0 Å². The maximum absolute atomic E-state index is 5.81. The van der Waals surface area contributed by atoms with Crippen LogP contribution in [0.25, 0.3) is 0 Å². The van der Waals surface area contributed by atoms with E-state index in [1.165, 1.54) is 25.7 Å². The van der Waals surface area contributed by atoms with Gasteiger partial charge in [0.05, 0.1) is 12.2 Å². The lowest BCUT2D eigenvalue weighted by Crippen LogP contribution is -2.39. The van der Waals surface area contributed by atoms with Crippen LogP contribution in [-0.2, 0) is 4.74 Å². The van der Waals surface area contributed by atoms with Crippen LogP contribution in [0.3, 0.4) is 0 Å². The Bertz CT molecular complexity index is 344. The molecule has 2 heteroatoms. The highest BCUT2D eigenvalue weighted by Gasteiger charge is 2.68. The van der Waals surface area contributed by atoms with Crippen molar-refractivity contribution in [1.82, 2.24) is 0 Å². The Balaban J connectivity index is 1.50. The number of thiol groups is 1. The Labute approximate surface area is 103 Å². The zero-order valence-corrected chi connectivity index (χ0v) is 10.5. The highest BCUT2D eigenvalue weighted by atomic mass is 32.1. The first-order valence-corrected chi connectivity index (χ1v) is 7.68. The second-order valence-electron chi connectivity index (χ2n) is 6.97. The van der Waals surface area contributed by atoms with Crippen LogP contribution >= 0.6 is 12.6 Å². The molecule has 0 spiro atoms. The monoisotopic (exact) mass is 236 g/mol. The standard InChI is InChI=1S/C14H20OS/c16-6-1-2-7-8(3-6)9-4-10(7)13-11(9)5-12-14(13)15-12/h6-14,16H,1-5H2. The Hall–Kier alpha value is 0.310. The van der Waals surface area contributed by atoms with Gasteiger partial charge in [-0.05, 0) is 67.6 Å². The summed E-state index contributed by atoms with van der Waals surface area (Å²) >= 11 is 4.74. The third kappa shape index (κ3) is 0.963. The molecule has 0 aromatic heterocycles. The average Bonchev–Trinajstić information content (AvgIpc) is 2.70. The molecular formula is C14H20OS. The molecule has 1 heterocycles. The van der Waals surface area contributed by atoms with Gasteiger partial charge in [-0.2, -0.15) is 12.6 Å². The lowest BCUT2D eigenvalue weighted by Gasteiger charge is -2.43. The molecule has 5 fully saturated rings. The van der Waals surface area contributed by atoms with Crippen LogP contribution in [0.4, 0.5) is 0 Å². The lowest BCUT2D eigenvalue weighted by atomic mass is 9.64. The number of ether oxygens (including phenoxy) is 1. The van der Waals surface area contributed by atoms with Crippen LogP contribution in [0.2, 0.25) is 0 Å². The molecule has 0 aromatic rings. The first-order chi connectivity index (χ1) is 7.83. The predicted molar refractivity (Wildman–Crippen MR) is 65.5 cm³/mol. The average molecular weight is 236 g/mol. The highest BCUT2D eigenvalue weighted by molar-refractivity contribution is 7.80. The van der Waals surface area contributed by atoms with Crippen molar-refractivity contribution >= 4 is 12.6 Å². The van der Waals surface area contributed by atoms with E-state index < -0.39 is 0 Å². The Morgan fingerprint density at radius 3 is 2.56 bits per heavy atom. The van der Waals surface area contributed by atoms with E-state index >= 15 is 0 Å². The summed E-state index contributed by atoms with van der Waals surface area (Å²) in [6.45, 7) is 0. The zero-order valence-electron chi connectivity index (χ0n) is 9.59. The van der Waals surface area contributed by atoms with E-state index in [1.54, 1.807) is 6.42 Å². The molecule has 9 unspecified atom stereocenters. The number of hydrogen-bond donors (Lipinski definition) is 1. The quantitative estimate of drug-likeness (QED) is 0.504. The molecule has 5 rings (SSSR count). The maximum atomic E-state index is 5.81. The second-order valence-corrected chi connectivity index (χ2v) is 7.70. The molecule has 0 amide bonds. The summed E-state index contributed by atoms with van der Waals surface area (Å²) in [6, 6.07) is 0. The first kappa shape index (κ1) is 9.27. The van der Waals surface area contributed by atoms with Gasteiger partial charge in [0, 0.05) is 5.25 Å². The number of epoxide rings is 1.